The van der Waals surface area contributed by atoms with Gasteiger partial charge in [0.15, 0.2) is 11.6 Å². The summed E-state index contributed by atoms with van der Waals surface area (Å²) in [5.74, 6) is -1.22. The molecule has 0 unspecified atom stereocenters. The molecule has 2 aromatic rings. The van der Waals surface area contributed by atoms with Gasteiger partial charge in [-0.1, -0.05) is 0 Å². The highest BCUT2D eigenvalue weighted by Crippen LogP contribution is 2.26. The molecule has 0 aliphatic carbocycles. The number of fused-ring (bicyclic) bond motifs is 1. The lowest BCUT2D eigenvalue weighted by atomic mass is 10.5. The molecule has 3 N–H and O–H groups in total. The van der Waals surface area contributed by atoms with Crippen molar-refractivity contribution in [3.8, 4) is 0 Å². The van der Waals surface area contributed by atoms with Crippen molar-refractivity contribution in [3.63, 3.8) is 0 Å². The highest BCUT2D eigenvalue weighted by Gasteiger charge is 2.34. The molecule has 0 spiro atoms. The lowest BCUT2D eigenvalue weighted by Gasteiger charge is -2.02. The molecule has 8 heteroatoms. The summed E-state index contributed by atoms with van der Waals surface area (Å²) in [4.78, 5) is 12.4. The van der Waals surface area contributed by atoms with Crippen LogP contribution in [-0.4, -0.2) is 19.9 Å². The van der Waals surface area contributed by atoms with Crippen molar-refractivity contribution in [2.45, 2.75) is 6.18 Å². The molecule has 0 aliphatic heterocycles. The van der Waals surface area contributed by atoms with Crippen LogP contribution in [0.15, 0.2) is 6.20 Å². The van der Waals surface area contributed by atoms with E-state index in [1.165, 1.54) is 0 Å². The molecule has 0 amide bonds. The number of hydrogen-bond donors (Lipinski definition) is 2. The van der Waals surface area contributed by atoms with Crippen LogP contribution in [0.25, 0.3) is 11.2 Å². The Balaban J connectivity index is 2.62. The van der Waals surface area contributed by atoms with Crippen molar-refractivity contribution in [2.24, 2.45) is 0 Å². The van der Waals surface area contributed by atoms with Gasteiger partial charge >= 0.3 is 6.18 Å². The van der Waals surface area contributed by atoms with Crippen LogP contribution >= 0.6 is 0 Å². The van der Waals surface area contributed by atoms with Gasteiger partial charge in [-0.25, -0.2) is 9.97 Å². The summed E-state index contributed by atoms with van der Waals surface area (Å²) in [6, 6.07) is 0. The number of nitrogens with one attached hydrogen (secondary N) is 1. The zero-order valence-electron chi connectivity index (χ0n) is 6.63. The summed E-state index contributed by atoms with van der Waals surface area (Å²) in [5, 5.41) is 0. The summed E-state index contributed by atoms with van der Waals surface area (Å²) >= 11 is 0. The molecule has 0 aliphatic rings. The van der Waals surface area contributed by atoms with Crippen LogP contribution < -0.4 is 5.73 Å². The van der Waals surface area contributed by atoms with E-state index in [9.17, 15) is 13.2 Å². The number of rotatable bonds is 0. The number of anilines is 1. The minimum absolute atomic E-state index is 0.00799. The number of nitrogen functional groups attached to an aromatic ring is 1. The lowest BCUT2D eigenvalue weighted by molar-refractivity contribution is -0.144. The number of nitrogens with zero attached hydrogens (tertiary/aromatic N) is 3. The molecule has 0 saturated carbocycles. The van der Waals surface area contributed by atoms with Crippen LogP contribution in [0.2, 0.25) is 0 Å². The largest absolute Gasteiger partial charge is 0.451 e. The van der Waals surface area contributed by atoms with Gasteiger partial charge in [0, 0.05) is 0 Å². The quantitative estimate of drug-likeness (QED) is 0.668. The van der Waals surface area contributed by atoms with Gasteiger partial charge in [0.1, 0.15) is 5.52 Å². The monoisotopic (exact) mass is 203 g/mol. The first-order valence-corrected chi connectivity index (χ1v) is 3.52. The Kier molecular flexibility index (Phi) is 1.60. The van der Waals surface area contributed by atoms with Crippen LogP contribution in [-0.2, 0) is 6.18 Å². The predicted molar refractivity (Wildman–Crippen MR) is 41.1 cm³/mol. The molecule has 0 bridgehead atoms. The summed E-state index contributed by atoms with van der Waals surface area (Å²) in [7, 11) is 0. The average Bonchev–Trinajstić information content (AvgIpc) is 2.41. The van der Waals surface area contributed by atoms with Crippen molar-refractivity contribution in [1.29, 1.82) is 0 Å². The zero-order chi connectivity index (χ0) is 10.3. The normalized spacial score (nSPS) is 12.2. The molecule has 0 saturated heterocycles. The second-order valence-corrected chi connectivity index (χ2v) is 2.55. The molecule has 0 radical (unpaired) electrons. The first-order chi connectivity index (χ1) is 6.47. The summed E-state index contributed by atoms with van der Waals surface area (Å²) in [5.41, 5.74) is 5.41. The van der Waals surface area contributed by atoms with E-state index in [0.717, 1.165) is 6.20 Å². The van der Waals surface area contributed by atoms with E-state index in [2.05, 4.69) is 19.9 Å². The molecule has 5 nitrogen and oxygen atoms in total. The molecule has 0 aromatic carbocycles. The van der Waals surface area contributed by atoms with Gasteiger partial charge in [-0.05, 0) is 0 Å². The Morgan fingerprint density at radius 2 is 2.00 bits per heavy atom. The van der Waals surface area contributed by atoms with Gasteiger partial charge in [-0.15, -0.1) is 0 Å². The molecule has 0 fully saturated rings. The fraction of sp³-hybridized carbons (Fsp3) is 0.167. The second-order valence-electron chi connectivity index (χ2n) is 2.55. The van der Waals surface area contributed by atoms with Crippen molar-refractivity contribution in [2.75, 3.05) is 5.73 Å². The maximum absolute atomic E-state index is 12.1. The summed E-state index contributed by atoms with van der Waals surface area (Å²) in [6.45, 7) is 0. The third-order valence-corrected chi connectivity index (χ3v) is 1.51. The van der Waals surface area contributed by atoms with Crippen LogP contribution in [0.3, 0.4) is 0 Å². The third kappa shape index (κ3) is 1.34. The SMILES string of the molecule is Nc1nc2nc(C(F)(F)F)ncc2[nH]1. The molecule has 2 heterocycles. The Morgan fingerprint density at radius 1 is 1.29 bits per heavy atom. The van der Waals surface area contributed by atoms with E-state index in [4.69, 9.17) is 5.73 Å². The Hall–Kier alpha value is -1.86. The molecule has 14 heavy (non-hydrogen) atoms. The molecule has 74 valence electrons. The van der Waals surface area contributed by atoms with E-state index in [0.29, 0.717) is 0 Å². The maximum atomic E-state index is 12.1. The third-order valence-electron chi connectivity index (χ3n) is 1.51. The van der Waals surface area contributed by atoms with E-state index in [1.807, 2.05) is 0 Å². The number of hydrogen-bond acceptors (Lipinski definition) is 4. The smallest absolute Gasteiger partial charge is 0.369 e. The molecular weight excluding hydrogens is 199 g/mol. The van der Waals surface area contributed by atoms with Crippen molar-refractivity contribution >= 4 is 17.1 Å². The van der Waals surface area contributed by atoms with Crippen molar-refractivity contribution < 1.29 is 13.2 Å². The Labute approximate surface area is 75.2 Å². The number of aromatic amines is 1. The van der Waals surface area contributed by atoms with Gasteiger partial charge in [-0.3, -0.25) is 0 Å². The summed E-state index contributed by atoms with van der Waals surface area (Å²) < 4.78 is 36.4. The number of H-pyrrole nitrogens is 1. The number of nitrogens with two attached hydrogens (primary N) is 1. The van der Waals surface area contributed by atoms with E-state index in [1.54, 1.807) is 0 Å². The molecular formula is C6H4F3N5. The van der Waals surface area contributed by atoms with Crippen LogP contribution in [0.4, 0.5) is 19.1 Å². The Bertz CT molecular complexity index is 474. The molecule has 0 atom stereocenters. The van der Waals surface area contributed by atoms with E-state index in [-0.39, 0.29) is 17.1 Å². The van der Waals surface area contributed by atoms with Crippen LogP contribution in [0, 0.1) is 0 Å². The molecule has 2 rings (SSSR count). The maximum Gasteiger partial charge on any atom is 0.451 e. The number of imidazole rings is 1. The minimum atomic E-state index is -4.57. The van der Waals surface area contributed by atoms with Gasteiger partial charge in [0.25, 0.3) is 0 Å². The lowest BCUT2D eigenvalue weighted by Crippen LogP contribution is -2.10. The standard InChI is InChI=1S/C6H4F3N5/c7-6(8,9)4-11-1-2-3(13-4)14-5(10)12-2/h1H,(H3,10,11,12,13,14). The predicted octanol–water partition coefficient (Wildman–Crippen LogP) is 0.954. The fourth-order valence-electron chi connectivity index (χ4n) is 0.963. The van der Waals surface area contributed by atoms with Crippen molar-refractivity contribution in [1.82, 2.24) is 19.9 Å². The van der Waals surface area contributed by atoms with Crippen molar-refractivity contribution in [3.05, 3.63) is 12.0 Å². The molecule has 2 aromatic heterocycles. The van der Waals surface area contributed by atoms with E-state index >= 15 is 0 Å². The minimum Gasteiger partial charge on any atom is -0.369 e. The highest BCUT2D eigenvalue weighted by molar-refractivity contribution is 5.71. The Morgan fingerprint density at radius 3 is 2.64 bits per heavy atom. The van der Waals surface area contributed by atoms with Gasteiger partial charge in [0.2, 0.25) is 5.82 Å². The number of aromatic nitrogens is 4. The zero-order valence-corrected chi connectivity index (χ0v) is 6.63. The van der Waals surface area contributed by atoms with E-state index < -0.39 is 12.0 Å². The van der Waals surface area contributed by atoms with Crippen LogP contribution in [0.5, 0.6) is 0 Å². The topological polar surface area (TPSA) is 80.5 Å². The van der Waals surface area contributed by atoms with Gasteiger partial charge in [-0.2, -0.15) is 18.2 Å². The summed E-state index contributed by atoms with van der Waals surface area (Å²) in [6.07, 6.45) is -3.57. The first-order valence-electron chi connectivity index (χ1n) is 3.52. The van der Waals surface area contributed by atoms with Crippen LogP contribution in [0.1, 0.15) is 5.82 Å². The fourth-order valence-corrected chi connectivity index (χ4v) is 0.963. The second kappa shape index (κ2) is 2.56. The van der Waals surface area contributed by atoms with Gasteiger partial charge in [0.05, 0.1) is 6.20 Å². The highest BCUT2D eigenvalue weighted by atomic mass is 19.4. The number of alkyl halides is 3. The van der Waals surface area contributed by atoms with Gasteiger partial charge < -0.3 is 10.7 Å². The average molecular weight is 203 g/mol. The first kappa shape index (κ1) is 8.73. The number of halogens is 3.